The first-order chi connectivity index (χ1) is 6.60. The van der Waals surface area contributed by atoms with Crippen LogP contribution in [0.15, 0.2) is 12.1 Å². The molecule has 0 atom stereocenters. The van der Waals surface area contributed by atoms with Crippen LogP contribution in [0.5, 0.6) is 0 Å². The average Bonchev–Trinajstić information content (AvgIpc) is 2.15. The van der Waals surface area contributed by atoms with Crippen LogP contribution in [0, 0.1) is 20.7 Å². The molecule has 0 saturated carbocycles. The average molecular weight is 323 g/mol. The van der Waals surface area contributed by atoms with Crippen LogP contribution >= 0.6 is 34.2 Å². The maximum atomic E-state index is 13.2. The fourth-order valence-corrected chi connectivity index (χ4v) is 1.71. The van der Waals surface area contributed by atoms with E-state index >= 15 is 0 Å². The van der Waals surface area contributed by atoms with Gasteiger partial charge in [-0.2, -0.15) is 5.26 Å². The highest BCUT2D eigenvalue weighted by atomic mass is 127. The molecule has 0 fully saturated rings. The zero-order valence-electron chi connectivity index (χ0n) is 6.85. The molecule has 0 aliphatic carbocycles. The summed E-state index contributed by atoms with van der Waals surface area (Å²) in [7, 11) is 0. The van der Waals surface area contributed by atoms with Gasteiger partial charge in [-0.05, 0) is 34.7 Å². The minimum absolute atomic E-state index is 0.0481. The molecule has 0 spiro atoms. The largest absolute Gasteiger partial charge is 0.293 e. The molecule has 0 radical (unpaired) electrons. The minimum Gasteiger partial charge on any atom is -0.293 e. The van der Waals surface area contributed by atoms with Crippen molar-refractivity contribution >= 4 is 40.0 Å². The molecular weight excluding hydrogens is 319 g/mol. The normalized spacial score (nSPS) is 9.57. The summed E-state index contributed by atoms with van der Waals surface area (Å²) in [5, 5.41) is 8.65. The monoisotopic (exact) mass is 323 g/mol. The third-order valence-corrected chi connectivity index (χ3v) is 2.45. The van der Waals surface area contributed by atoms with Crippen molar-refractivity contribution in [3.05, 3.63) is 32.6 Å². The van der Waals surface area contributed by atoms with Crippen molar-refractivity contribution in [1.82, 2.24) is 0 Å². The first-order valence-corrected chi connectivity index (χ1v) is 5.19. The number of hydrogen-bond acceptors (Lipinski definition) is 2. The standard InChI is InChI=1S/C9H4ClFINO/c10-3-9(14)6-1-5(12)2-8(11)7(6)4-13/h1-2H,3H2. The molecule has 0 saturated heterocycles. The van der Waals surface area contributed by atoms with E-state index in [1.54, 1.807) is 6.07 Å². The summed E-state index contributed by atoms with van der Waals surface area (Å²) in [6.07, 6.45) is 0. The van der Waals surface area contributed by atoms with E-state index in [2.05, 4.69) is 0 Å². The van der Waals surface area contributed by atoms with E-state index < -0.39 is 11.6 Å². The molecule has 0 aliphatic rings. The van der Waals surface area contributed by atoms with Gasteiger partial charge in [0.25, 0.3) is 0 Å². The van der Waals surface area contributed by atoms with Crippen molar-refractivity contribution in [2.24, 2.45) is 0 Å². The van der Waals surface area contributed by atoms with E-state index in [0.717, 1.165) is 0 Å². The van der Waals surface area contributed by atoms with E-state index in [1.807, 2.05) is 22.6 Å². The van der Waals surface area contributed by atoms with Crippen LogP contribution in [-0.2, 0) is 0 Å². The Morgan fingerprint density at radius 1 is 1.64 bits per heavy atom. The molecule has 0 aliphatic heterocycles. The Bertz CT molecular complexity index is 428. The van der Waals surface area contributed by atoms with Gasteiger partial charge in [0.1, 0.15) is 11.9 Å². The van der Waals surface area contributed by atoms with Gasteiger partial charge in [0, 0.05) is 9.13 Å². The molecule has 1 rings (SSSR count). The van der Waals surface area contributed by atoms with Crippen molar-refractivity contribution in [2.45, 2.75) is 0 Å². The van der Waals surface area contributed by atoms with Crippen LogP contribution in [-0.4, -0.2) is 11.7 Å². The van der Waals surface area contributed by atoms with Crippen molar-refractivity contribution in [2.75, 3.05) is 5.88 Å². The molecule has 0 N–H and O–H groups in total. The molecule has 0 heterocycles. The van der Waals surface area contributed by atoms with Gasteiger partial charge < -0.3 is 0 Å². The van der Waals surface area contributed by atoms with Gasteiger partial charge >= 0.3 is 0 Å². The highest BCUT2D eigenvalue weighted by Gasteiger charge is 2.15. The maximum absolute atomic E-state index is 13.2. The number of halogens is 3. The van der Waals surface area contributed by atoms with E-state index in [-0.39, 0.29) is 17.0 Å². The van der Waals surface area contributed by atoms with Gasteiger partial charge in [-0.1, -0.05) is 0 Å². The Balaban J connectivity index is 3.41. The highest BCUT2D eigenvalue weighted by molar-refractivity contribution is 14.1. The molecule has 0 aromatic heterocycles. The first kappa shape index (κ1) is 11.4. The second-order valence-corrected chi connectivity index (χ2v) is 3.99. The molecule has 14 heavy (non-hydrogen) atoms. The molecule has 1 aromatic carbocycles. The molecule has 0 bridgehead atoms. The van der Waals surface area contributed by atoms with E-state index in [1.165, 1.54) is 12.1 Å². The van der Waals surface area contributed by atoms with E-state index in [0.29, 0.717) is 3.57 Å². The lowest BCUT2D eigenvalue weighted by Gasteiger charge is -2.02. The predicted molar refractivity (Wildman–Crippen MR) is 58.9 cm³/mol. The topological polar surface area (TPSA) is 40.9 Å². The summed E-state index contributed by atoms with van der Waals surface area (Å²) >= 11 is 7.21. The molecule has 0 unspecified atom stereocenters. The number of ketones is 1. The number of carbonyl (C=O) groups is 1. The molecule has 0 amide bonds. The highest BCUT2D eigenvalue weighted by Crippen LogP contribution is 2.18. The quantitative estimate of drug-likeness (QED) is 0.477. The number of carbonyl (C=O) groups excluding carboxylic acids is 1. The number of alkyl halides is 1. The number of benzene rings is 1. The lowest BCUT2D eigenvalue weighted by Crippen LogP contribution is -2.05. The van der Waals surface area contributed by atoms with Crippen LogP contribution in [0.25, 0.3) is 0 Å². The summed E-state index contributed by atoms with van der Waals surface area (Å²) in [6.45, 7) is 0. The number of rotatable bonds is 2. The fraction of sp³-hybridized carbons (Fsp3) is 0.111. The van der Waals surface area contributed by atoms with Gasteiger partial charge in [-0.3, -0.25) is 4.79 Å². The Kier molecular flexibility index (Phi) is 3.84. The van der Waals surface area contributed by atoms with Gasteiger partial charge in [0.05, 0.1) is 11.4 Å². The Hall–Kier alpha value is -0.670. The van der Waals surface area contributed by atoms with E-state index in [4.69, 9.17) is 16.9 Å². The molecule has 1 aromatic rings. The summed E-state index contributed by atoms with van der Waals surface area (Å²) in [6, 6.07) is 4.30. The first-order valence-electron chi connectivity index (χ1n) is 3.58. The van der Waals surface area contributed by atoms with Crippen LogP contribution in [0.1, 0.15) is 15.9 Å². The van der Waals surface area contributed by atoms with Crippen molar-refractivity contribution in [1.29, 1.82) is 5.26 Å². The Morgan fingerprint density at radius 2 is 2.29 bits per heavy atom. The summed E-state index contributed by atoms with van der Waals surface area (Å²) < 4.78 is 13.7. The lowest BCUT2D eigenvalue weighted by atomic mass is 10.1. The number of nitrogens with zero attached hydrogens (tertiary/aromatic N) is 1. The maximum Gasteiger partial charge on any atom is 0.179 e. The van der Waals surface area contributed by atoms with Gasteiger partial charge in [-0.25, -0.2) is 4.39 Å². The van der Waals surface area contributed by atoms with E-state index in [9.17, 15) is 9.18 Å². The third kappa shape index (κ3) is 2.22. The SMILES string of the molecule is N#Cc1c(F)cc(I)cc1C(=O)CCl. The van der Waals surface area contributed by atoms with Crippen molar-refractivity contribution in [3.63, 3.8) is 0 Å². The van der Waals surface area contributed by atoms with Crippen LogP contribution in [0.3, 0.4) is 0 Å². The summed E-state index contributed by atoms with van der Waals surface area (Å²) in [4.78, 5) is 11.2. The van der Waals surface area contributed by atoms with Crippen LogP contribution < -0.4 is 0 Å². The Labute approximate surface area is 98.8 Å². The molecule has 72 valence electrons. The zero-order chi connectivity index (χ0) is 10.7. The fourth-order valence-electron chi connectivity index (χ4n) is 0.979. The van der Waals surface area contributed by atoms with Crippen LogP contribution in [0.4, 0.5) is 4.39 Å². The number of hydrogen-bond donors (Lipinski definition) is 0. The second kappa shape index (κ2) is 4.71. The molecule has 2 nitrogen and oxygen atoms in total. The summed E-state index contributed by atoms with van der Waals surface area (Å²) in [5.74, 6) is -1.39. The second-order valence-electron chi connectivity index (χ2n) is 2.48. The number of Topliss-reactive ketones (excluding diaryl/α,β-unsaturated/α-hetero) is 1. The Morgan fingerprint density at radius 3 is 2.79 bits per heavy atom. The van der Waals surface area contributed by atoms with Crippen molar-refractivity contribution in [3.8, 4) is 6.07 Å². The summed E-state index contributed by atoms with van der Waals surface area (Å²) in [5.41, 5.74) is -0.192. The van der Waals surface area contributed by atoms with Crippen LogP contribution in [0.2, 0.25) is 0 Å². The predicted octanol–water partition coefficient (Wildman–Crippen LogP) is 2.72. The third-order valence-electron chi connectivity index (χ3n) is 1.59. The molecule has 5 heteroatoms. The van der Waals surface area contributed by atoms with Crippen molar-refractivity contribution < 1.29 is 9.18 Å². The number of nitriles is 1. The van der Waals surface area contributed by atoms with Gasteiger partial charge in [-0.15, -0.1) is 11.6 Å². The molecular formula is C9H4ClFINO. The van der Waals surface area contributed by atoms with Gasteiger partial charge in [0.15, 0.2) is 5.78 Å². The zero-order valence-corrected chi connectivity index (χ0v) is 9.76. The minimum atomic E-state index is -0.687. The smallest absolute Gasteiger partial charge is 0.179 e. The van der Waals surface area contributed by atoms with Gasteiger partial charge in [0.2, 0.25) is 0 Å². The lowest BCUT2D eigenvalue weighted by molar-refractivity contribution is 0.102.